The minimum absolute atomic E-state index is 0.116. The van der Waals surface area contributed by atoms with Gasteiger partial charge in [0.1, 0.15) is 17.3 Å². The van der Waals surface area contributed by atoms with Gasteiger partial charge in [0.25, 0.3) is 0 Å². The average molecular weight is 297 g/mol. The summed E-state index contributed by atoms with van der Waals surface area (Å²) in [6.45, 7) is 4.85. The van der Waals surface area contributed by atoms with Crippen molar-refractivity contribution in [2.24, 2.45) is 11.7 Å². The molecule has 110 valence electrons. The summed E-state index contributed by atoms with van der Waals surface area (Å²) in [6, 6.07) is 0.326. The van der Waals surface area contributed by atoms with E-state index in [2.05, 4.69) is 28.7 Å². The zero-order chi connectivity index (χ0) is 14.7. The van der Waals surface area contributed by atoms with Crippen LogP contribution in [0.3, 0.4) is 0 Å². The van der Waals surface area contributed by atoms with Crippen molar-refractivity contribution in [1.82, 2.24) is 9.97 Å². The maximum Gasteiger partial charge on any atom is 0.222 e. The lowest BCUT2D eigenvalue weighted by molar-refractivity contribution is -0.122. The monoisotopic (exact) mass is 296 g/mol. The number of carbonyl (C=O) groups excluding carboxylic acids is 1. The Balaban J connectivity index is 2.33. The average Bonchev–Trinajstić information content (AvgIpc) is 2.42. The fourth-order valence-corrected chi connectivity index (χ4v) is 2.95. The molecule has 0 saturated carbocycles. The highest BCUT2D eigenvalue weighted by Crippen LogP contribution is 2.31. The molecule has 2 rings (SSSR count). The van der Waals surface area contributed by atoms with Crippen LogP contribution in [0.15, 0.2) is 6.33 Å². The van der Waals surface area contributed by atoms with Gasteiger partial charge in [0, 0.05) is 18.2 Å². The first-order valence-corrected chi connectivity index (χ1v) is 7.47. The predicted molar refractivity (Wildman–Crippen MR) is 79.8 cm³/mol. The SMILES string of the molecule is CCCc1c(Cl)ncnc1N1CC(C(N)=O)CCC1C. The fourth-order valence-electron chi connectivity index (χ4n) is 2.73. The van der Waals surface area contributed by atoms with Crippen LogP contribution in [0.2, 0.25) is 5.15 Å². The van der Waals surface area contributed by atoms with E-state index in [1.807, 2.05) is 0 Å². The summed E-state index contributed by atoms with van der Waals surface area (Å²) < 4.78 is 0. The first-order chi connectivity index (χ1) is 9.54. The second-order valence-corrected chi connectivity index (χ2v) is 5.75. The molecule has 1 amide bonds. The van der Waals surface area contributed by atoms with Gasteiger partial charge in [0.2, 0.25) is 5.91 Å². The first-order valence-electron chi connectivity index (χ1n) is 7.09. The summed E-state index contributed by atoms with van der Waals surface area (Å²) in [4.78, 5) is 22.1. The lowest BCUT2D eigenvalue weighted by Crippen LogP contribution is -2.46. The van der Waals surface area contributed by atoms with Crippen LogP contribution in [0.5, 0.6) is 0 Å². The zero-order valence-electron chi connectivity index (χ0n) is 12.0. The number of rotatable bonds is 4. The van der Waals surface area contributed by atoms with Gasteiger partial charge in [-0.1, -0.05) is 24.9 Å². The summed E-state index contributed by atoms with van der Waals surface area (Å²) in [5.74, 6) is 0.499. The number of primary amides is 1. The molecule has 1 aliphatic rings. The Bertz CT molecular complexity index is 494. The molecule has 2 unspecified atom stereocenters. The number of aromatic nitrogens is 2. The van der Waals surface area contributed by atoms with Crippen LogP contribution in [0.25, 0.3) is 0 Å². The Morgan fingerprint density at radius 1 is 1.50 bits per heavy atom. The summed E-state index contributed by atoms with van der Waals surface area (Å²) in [5.41, 5.74) is 6.42. The topological polar surface area (TPSA) is 72.1 Å². The molecule has 1 aromatic heterocycles. The third kappa shape index (κ3) is 3.03. The van der Waals surface area contributed by atoms with Crippen LogP contribution in [0, 0.1) is 5.92 Å². The van der Waals surface area contributed by atoms with Crippen LogP contribution >= 0.6 is 11.6 Å². The zero-order valence-corrected chi connectivity index (χ0v) is 12.7. The number of halogens is 1. The number of carbonyl (C=O) groups is 1. The van der Waals surface area contributed by atoms with Crippen LogP contribution in [0.4, 0.5) is 5.82 Å². The Morgan fingerprint density at radius 2 is 2.25 bits per heavy atom. The smallest absolute Gasteiger partial charge is 0.222 e. The van der Waals surface area contributed by atoms with E-state index in [1.54, 1.807) is 0 Å². The van der Waals surface area contributed by atoms with Crippen LogP contribution in [-0.4, -0.2) is 28.5 Å². The Kier molecular flexibility index (Phi) is 4.81. The Hall–Kier alpha value is -1.36. The molecule has 1 aliphatic heterocycles. The van der Waals surface area contributed by atoms with E-state index in [0.29, 0.717) is 17.7 Å². The standard InChI is InChI=1S/C14H21ClN4O/c1-3-4-11-12(15)17-8-18-14(11)19-7-10(13(16)20)6-5-9(19)2/h8-10H,3-7H2,1-2H3,(H2,16,20). The van der Waals surface area contributed by atoms with E-state index in [0.717, 1.165) is 37.1 Å². The molecule has 0 aliphatic carbocycles. The van der Waals surface area contributed by atoms with Gasteiger partial charge in [-0.3, -0.25) is 4.79 Å². The Labute approximate surface area is 124 Å². The highest BCUT2D eigenvalue weighted by Gasteiger charge is 2.31. The van der Waals surface area contributed by atoms with Gasteiger partial charge in [-0.05, 0) is 26.2 Å². The largest absolute Gasteiger partial charge is 0.369 e. The van der Waals surface area contributed by atoms with Gasteiger partial charge in [-0.25, -0.2) is 9.97 Å². The number of nitrogens with zero attached hydrogens (tertiary/aromatic N) is 3. The second-order valence-electron chi connectivity index (χ2n) is 5.39. The number of nitrogens with two attached hydrogens (primary N) is 1. The van der Waals surface area contributed by atoms with E-state index in [1.165, 1.54) is 6.33 Å². The normalized spacial score (nSPS) is 22.9. The highest BCUT2D eigenvalue weighted by molar-refractivity contribution is 6.30. The molecule has 1 fully saturated rings. The third-order valence-corrected chi connectivity index (χ3v) is 4.25. The molecule has 1 saturated heterocycles. The van der Waals surface area contributed by atoms with Gasteiger partial charge in [-0.2, -0.15) is 0 Å². The molecule has 0 spiro atoms. The molecule has 2 heterocycles. The molecule has 6 heteroatoms. The van der Waals surface area contributed by atoms with Gasteiger partial charge >= 0.3 is 0 Å². The van der Waals surface area contributed by atoms with Crippen molar-refractivity contribution in [1.29, 1.82) is 0 Å². The molecule has 0 aromatic carbocycles. The number of amides is 1. The van der Waals surface area contributed by atoms with Crippen LogP contribution < -0.4 is 10.6 Å². The van der Waals surface area contributed by atoms with E-state index in [4.69, 9.17) is 17.3 Å². The molecular formula is C14H21ClN4O. The number of anilines is 1. The van der Waals surface area contributed by atoms with Crippen molar-refractivity contribution in [2.75, 3.05) is 11.4 Å². The molecule has 2 N–H and O–H groups in total. The maximum atomic E-state index is 11.5. The summed E-state index contributed by atoms with van der Waals surface area (Å²) in [5, 5.41) is 0.505. The summed E-state index contributed by atoms with van der Waals surface area (Å²) in [6.07, 6.45) is 5.06. The molecule has 2 atom stereocenters. The number of hydrogen-bond donors (Lipinski definition) is 1. The second kappa shape index (κ2) is 6.39. The minimum Gasteiger partial charge on any atom is -0.369 e. The van der Waals surface area contributed by atoms with Crippen LogP contribution in [0.1, 0.15) is 38.7 Å². The first kappa shape index (κ1) is 15.0. The fraction of sp³-hybridized carbons (Fsp3) is 0.643. The lowest BCUT2D eigenvalue weighted by atomic mass is 9.92. The highest BCUT2D eigenvalue weighted by atomic mass is 35.5. The van der Waals surface area contributed by atoms with E-state index in [-0.39, 0.29) is 11.8 Å². The summed E-state index contributed by atoms with van der Waals surface area (Å²) >= 11 is 6.20. The van der Waals surface area contributed by atoms with Gasteiger partial charge in [0.05, 0.1) is 5.92 Å². The molecular weight excluding hydrogens is 276 g/mol. The number of hydrogen-bond acceptors (Lipinski definition) is 4. The number of piperidine rings is 1. The Morgan fingerprint density at radius 3 is 2.90 bits per heavy atom. The molecule has 1 aromatic rings. The van der Waals surface area contributed by atoms with Crippen molar-refractivity contribution >= 4 is 23.3 Å². The quantitative estimate of drug-likeness (QED) is 0.864. The molecule has 5 nitrogen and oxygen atoms in total. The molecule has 20 heavy (non-hydrogen) atoms. The predicted octanol–water partition coefficient (Wildman–Crippen LogP) is 2.17. The van der Waals surface area contributed by atoms with Gasteiger partial charge in [-0.15, -0.1) is 0 Å². The van der Waals surface area contributed by atoms with Crippen molar-refractivity contribution < 1.29 is 4.79 Å². The lowest BCUT2D eigenvalue weighted by Gasteiger charge is -2.38. The van der Waals surface area contributed by atoms with Crippen molar-refractivity contribution in [2.45, 2.75) is 45.6 Å². The van der Waals surface area contributed by atoms with Crippen molar-refractivity contribution in [3.05, 3.63) is 17.0 Å². The van der Waals surface area contributed by atoms with Gasteiger partial charge in [0.15, 0.2) is 0 Å². The molecule has 0 bridgehead atoms. The van der Waals surface area contributed by atoms with Gasteiger partial charge < -0.3 is 10.6 Å². The van der Waals surface area contributed by atoms with Crippen LogP contribution in [-0.2, 0) is 11.2 Å². The van der Waals surface area contributed by atoms with E-state index >= 15 is 0 Å². The minimum atomic E-state index is -0.237. The summed E-state index contributed by atoms with van der Waals surface area (Å²) in [7, 11) is 0. The van der Waals surface area contributed by atoms with E-state index < -0.39 is 0 Å². The van der Waals surface area contributed by atoms with Crippen molar-refractivity contribution in [3.8, 4) is 0 Å². The maximum absolute atomic E-state index is 11.5. The third-order valence-electron chi connectivity index (χ3n) is 3.93. The van der Waals surface area contributed by atoms with Crippen molar-refractivity contribution in [3.63, 3.8) is 0 Å². The van der Waals surface area contributed by atoms with E-state index in [9.17, 15) is 4.79 Å². The molecule has 0 radical (unpaired) electrons.